The molecule has 0 aromatic carbocycles. The Labute approximate surface area is 116 Å². The summed E-state index contributed by atoms with van der Waals surface area (Å²) in [6, 6.07) is 1.46. The Bertz CT molecular complexity index is 426. The Balaban J connectivity index is 1.74. The van der Waals surface area contributed by atoms with Crippen LogP contribution in [0.1, 0.15) is 50.8 Å². The number of nitrogens with one attached hydrogen (secondary N) is 1. The fraction of sp³-hybridized carbons (Fsp3) is 0.800. The Morgan fingerprint density at radius 2 is 2.21 bits per heavy atom. The van der Waals surface area contributed by atoms with Crippen molar-refractivity contribution in [3.8, 4) is 0 Å². The number of imidazole rings is 1. The van der Waals surface area contributed by atoms with E-state index in [-0.39, 0.29) is 0 Å². The molecule has 0 radical (unpaired) electrons. The van der Waals surface area contributed by atoms with Crippen LogP contribution in [0.4, 0.5) is 5.95 Å². The Morgan fingerprint density at radius 3 is 3.05 bits per heavy atom. The van der Waals surface area contributed by atoms with Crippen LogP contribution in [0.2, 0.25) is 0 Å². The van der Waals surface area contributed by atoms with Gasteiger partial charge in [0.2, 0.25) is 5.95 Å². The number of nitrogens with zero attached hydrogens (tertiary/aromatic N) is 3. The maximum atomic E-state index is 4.65. The summed E-state index contributed by atoms with van der Waals surface area (Å²) in [7, 11) is 0. The fourth-order valence-electron chi connectivity index (χ4n) is 3.62. The molecule has 3 rings (SSSR count). The van der Waals surface area contributed by atoms with Crippen molar-refractivity contribution in [2.45, 2.75) is 58.0 Å². The molecule has 3 heterocycles. The molecule has 2 unspecified atom stereocenters. The number of hydrogen-bond acceptors (Lipinski definition) is 3. The van der Waals surface area contributed by atoms with E-state index in [9.17, 15) is 0 Å². The highest BCUT2D eigenvalue weighted by Crippen LogP contribution is 2.34. The summed E-state index contributed by atoms with van der Waals surface area (Å²) in [4.78, 5) is 7.33. The first-order valence-electron chi connectivity index (χ1n) is 7.81. The topological polar surface area (TPSA) is 33.1 Å². The molecule has 0 spiro atoms. The molecule has 0 saturated carbocycles. The highest BCUT2D eigenvalue weighted by atomic mass is 15.2. The number of aromatic nitrogens is 2. The van der Waals surface area contributed by atoms with Gasteiger partial charge in [-0.25, -0.2) is 4.98 Å². The lowest BCUT2D eigenvalue weighted by Crippen LogP contribution is -2.38. The molecule has 4 heteroatoms. The summed E-state index contributed by atoms with van der Waals surface area (Å²) in [5.41, 5.74) is 1.13. The molecule has 2 saturated heterocycles. The van der Waals surface area contributed by atoms with E-state index >= 15 is 0 Å². The normalized spacial score (nSPS) is 27.5. The standard InChI is InChI=1S/C15H26N4/c1-3-7-16-15-17-12(2)11-19(15)14-6-9-18-8-4-5-13(18)10-14/h11,13-14H,3-10H2,1-2H3,(H,16,17). The van der Waals surface area contributed by atoms with E-state index < -0.39 is 0 Å². The Morgan fingerprint density at radius 1 is 1.32 bits per heavy atom. The van der Waals surface area contributed by atoms with Crippen LogP contribution in [0.25, 0.3) is 0 Å². The van der Waals surface area contributed by atoms with Crippen molar-refractivity contribution in [1.82, 2.24) is 14.5 Å². The molecule has 0 amide bonds. The number of rotatable bonds is 4. The number of aryl methyl sites for hydroxylation is 1. The third-order valence-corrected chi connectivity index (χ3v) is 4.57. The Kier molecular flexibility index (Phi) is 3.78. The van der Waals surface area contributed by atoms with E-state index in [1.165, 1.54) is 38.8 Å². The van der Waals surface area contributed by atoms with Crippen molar-refractivity contribution < 1.29 is 0 Å². The van der Waals surface area contributed by atoms with Gasteiger partial charge >= 0.3 is 0 Å². The van der Waals surface area contributed by atoms with Crippen molar-refractivity contribution in [1.29, 1.82) is 0 Å². The van der Waals surface area contributed by atoms with Gasteiger partial charge in [-0.05, 0) is 45.6 Å². The molecule has 1 N–H and O–H groups in total. The van der Waals surface area contributed by atoms with Gasteiger partial charge in [0.1, 0.15) is 0 Å². The quantitative estimate of drug-likeness (QED) is 0.906. The highest BCUT2D eigenvalue weighted by Gasteiger charge is 2.33. The minimum atomic E-state index is 0.639. The average molecular weight is 262 g/mol. The number of piperidine rings is 1. The van der Waals surface area contributed by atoms with Crippen LogP contribution in [0.15, 0.2) is 6.20 Å². The number of fused-ring (bicyclic) bond motifs is 1. The van der Waals surface area contributed by atoms with E-state index in [0.717, 1.165) is 30.6 Å². The molecular formula is C15H26N4. The second-order valence-electron chi connectivity index (χ2n) is 6.05. The van der Waals surface area contributed by atoms with Crippen LogP contribution in [0, 0.1) is 6.92 Å². The molecule has 0 bridgehead atoms. The first kappa shape index (κ1) is 13.0. The Hall–Kier alpha value is -1.03. The summed E-state index contributed by atoms with van der Waals surface area (Å²) in [6.07, 6.45) is 8.73. The van der Waals surface area contributed by atoms with E-state index in [1.807, 2.05) is 0 Å². The van der Waals surface area contributed by atoms with Crippen LogP contribution in [-0.2, 0) is 0 Å². The molecule has 2 fully saturated rings. The third kappa shape index (κ3) is 2.64. The molecule has 19 heavy (non-hydrogen) atoms. The first-order valence-corrected chi connectivity index (χ1v) is 7.81. The molecule has 1 aromatic rings. The number of hydrogen-bond donors (Lipinski definition) is 1. The zero-order valence-corrected chi connectivity index (χ0v) is 12.2. The zero-order chi connectivity index (χ0) is 13.2. The lowest BCUT2D eigenvalue weighted by atomic mass is 9.97. The molecule has 2 aliphatic heterocycles. The largest absolute Gasteiger partial charge is 0.356 e. The van der Waals surface area contributed by atoms with Crippen LogP contribution in [-0.4, -0.2) is 40.1 Å². The zero-order valence-electron chi connectivity index (χ0n) is 12.2. The van der Waals surface area contributed by atoms with Gasteiger partial charge in [-0.1, -0.05) is 6.92 Å². The average Bonchev–Trinajstić information content (AvgIpc) is 3.01. The second-order valence-corrected chi connectivity index (χ2v) is 6.05. The summed E-state index contributed by atoms with van der Waals surface area (Å²) < 4.78 is 2.40. The first-order chi connectivity index (χ1) is 9.28. The van der Waals surface area contributed by atoms with Crippen molar-refractivity contribution in [3.63, 3.8) is 0 Å². The van der Waals surface area contributed by atoms with Gasteiger partial charge in [0.05, 0.1) is 5.69 Å². The van der Waals surface area contributed by atoms with Gasteiger partial charge in [0.25, 0.3) is 0 Å². The SMILES string of the molecule is CCCNc1nc(C)cn1C1CCN2CCCC2C1. The van der Waals surface area contributed by atoms with Crippen molar-refractivity contribution >= 4 is 5.95 Å². The maximum Gasteiger partial charge on any atom is 0.203 e. The van der Waals surface area contributed by atoms with E-state index in [4.69, 9.17) is 0 Å². The van der Waals surface area contributed by atoms with Crippen LogP contribution < -0.4 is 5.32 Å². The third-order valence-electron chi connectivity index (χ3n) is 4.57. The summed E-state index contributed by atoms with van der Waals surface area (Å²) in [5.74, 6) is 1.08. The molecule has 0 aliphatic carbocycles. The lowest BCUT2D eigenvalue weighted by molar-refractivity contribution is 0.156. The molecule has 2 aliphatic rings. The number of anilines is 1. The van der Waals surface area contributed by atoms with Gasteiger partial charge in [-0.15, -0.1) is 0 Å². The maximum absolute atomic E-state index is 4.65. The van der Waals surface area contributed by atoms with Gasteiger partial charge in [-0.2, -0.15) is 0 Å². The van der Waals surface area contributed by atoms with Crippen LogP contribution in [0.5, 0.6) is 0 Å². The summed E-state index contributed by atoms with van der Waals surface area (Å²) >= 11 is 0. The van der Waals surface area contributed by atoms with E-state index in [1.54, 1.807) is 0 Å². The predicted molar refractivity (Wildman–Crippen MR) is 78.6 cm³/mol. The molecular weight excluding hydrogens is 236 g/mol. The monoisotopic (exact) mass is 262 g/mol. The van der Waals surface area contributed by atoms with E-state index in [2.05, 4.69) is 39.8 Å². The minimum absolute atomic E-state index is 0.639. The summed E-state index contributed by atoms with van der Waals surface area (Å²) in [6.45, 7) is 7.89. The van der Waals surface area contributed by atoms with Crippen molar-refractivity contribution in [3.05, 3.63) is 11.9 Å². The lowest BCUT2D eigenvalue weighted by Gasteiger charge is -2.35. The van der Waals surface area contributed by atoms with Crippen molar-refractivity contribution in [2.24, 2.45) is 0 Å². The van der Waals surface area contributed by atoms with Crippen LogP contribution >= 0.6 is 0 Å². The summed E-state index contributed by atoms with van der Waals surface area (Å²) in [5, 5.41) is 3.48. The van der Waals surface area contributed by atoms with Gasteiger partial charge in [0, 0.05) is 31.4 Å². The molecule has 2 atom stereocenters. The van der Waals surface area contributed by atoms with E-state index in [0.29, 0.717) is 6.04 Å². The molecule has 106 valence electrons. The molecule has 4 nitrogen and oxygen atoms in total. The van der Waals surface area contributed by atoms with Gasteiger partial charge < -0.3 is 14.8 Å². The highest BCUT2D eigenvalue weighted by molar-refractivity contribution is 5.29. The van der Waals surface area contributed by atoms with Crippen LogP contribution in [0.3, 0.4) is 0 Å². The van der Waals surface area contributed by atoms with Gasteiger partial charge in [0.15, 0.2) is 0 Å². The van der Waals surface area contributed by atoms with Crippen molar-refractivity contribution in [2.75, 3.05) is 25.0 Å². The smallest absolute Gasteiger partial charge is 0.203 e. The fourth-order valence-corrected chi connectivity index (χ4v) is 3.62. The predicted octanol–water partition coefficient (Wildman–Crippen LogP) is 2.81. The molecule has 1 aromatic heterocycles. The second kappa shape index (κ2) is 5.53. The minimum Gasteiger partial charge on any atom is -0.356 e. The van der Waals surface area contributed by atoms with Gasteiger partial charge in [-0.3, -0.25) is 0 Å².